The Kier molecular flexibility index (Phi) is 4.39. The Hall–Kier alpha value is -2.12. The van der Waals surface area contributed by atoms with Crippen LogP contribution in [0.25, 0.3) is 0 Å². The molecule has 0 aromatic heterocycles. The van der Waals surface area contributed by atoms with E-state index in [1.807, 2.05) is 0 Å². The Bertz CT molecular complexity index is 600. The Labute approximate surface area is 123 Å². The van der Waals surface area contributed by atoms with Gasteiger partial charge in [-0.05, 0) is 17.7 Å². The zero-order valence-electron chi connectivity index (χ0n) is 11.5. The lowest BCUT2D eigenvalue weighted by molar-refractivity contribution is -0.147. The second kappa shape index (κ2) is 5.94. The summed E-state index contributed by atoms with van der Waals surface area (Å²) in [4.78, 5) is 23.2. The number of hydrogen-bond acceptors (Lipinski definition) is 3. The molecule has 2 rings (SSSR count). The molecule has 8 heteroatoms. The standard InChI is InChI=1S/C14H13F4NO3/c1-22-13(21)9-6-19-12(20)5-8(9)7-2-3-11(15)10(4-7)14(16,17)18/h2-4,8-9H,5-6H2,1H3,(H,19,20)/t8-,9+/m0/s1. The first-order valence-corrected chi connectivity index (χ1v) is 6.45. The maximum Gasteiger partial charge on any atom is 0.419 e. The van der Waals surface area contributed by atoms with Crippen LogP contribution in [0.15, 0.2) is 18.2 Å². The SMILES string of the molecule is COC(=O)[C@@H]1CNC(=O)C[C@H]1c1ccc(F)c(C(F)(F)F)c1. The van der Waals surface area contributed by atoms with Gasteiger partial charge in [-0.15, -0.1) is 0 Å². The first-order valence-electron chi connectivity index (χ1n) is 6.45. The number of esters is 1. The zero-order valence-corrected chi connectivity index (χ0v) is 11.5. The van der Waals surface area contributed by atoms with Crippen LogP contribution in [0.4, 0.5) is 17.6 Å². The molecule has 4 nitrogen and oxygen atoms in total. The van der Waals surface area contributed by atoms with Crippen molar-refractivity contribution >= 4 is 11.9 Å². The van der Waals surface area contributed by atoms with E-state index in [0.717, 1.165) is 13.2 Å². The van der Waals surface area contributed by atoms with Crippen LogP contribution in [-0.4, -0.2) is 25.5 Å². The minimum atomic E-state index is -4.85. The second-order valence-electron chi connectivity index (χ2n) is 4.98. The summed E-state index contributed by atoms with van der Waals surface area (Å²) in [5, 5.41) is 2.47. The molecule has 0 saturated carbocycles. The largest absolute Gasteiger partial charge is 0.469 e. The van der Waals surface area contributed by atoms with Crippen molar-refractivity contribution in [1.29, 1.82) is 0 Å². The first-order chi connectivity index (χ1) is 10.2. The molecule has 1 N–H and O–H groups in total. The predicted octanol–water partition coefficient (Wildman–Crippen LogP) is 2.24. The molecule has 1 amide bonds. The van der Waals surface area contributed by atoms with Gasteiger partial charge in [0.05, 0.1) is 18.6 Å². The Morgan fingerprint density at radius 1 is 1.36 bits per heavy atom. The maximum atomic E-state index is 13.3. The number of nitrogens with one attached hydrogen (secondary N) is 1. The molecule has 22 heavy (non-hydrogen) atoms. The number of hydrogen-bond donors (Lipinski definition) is 1. The average molecular weight is 319 g/mol. The van der Waals surface area contributed by atoms with E-state index in [9.17, 15) is 27.2 Å². The first kappa shape index (κ1) is 16.3. The summed E-state index contributed by atoms with van der Waals surface area (Å²) >= 11 is 0. The third-order valence-corrected chi connectivity index (χ3v) is 3.64. The lowest BCUT2D eigenvalue weighted by Gasteiger charge is -2.30. The van der Waals surface area contributed by atoms with Crippen LogP contribution >= 0.6 is 0 Å². The van der Waals surface area contributed by atoms with Crippen molar-refractivity contribution < 1.29 is 31.9 Å². The summed E-state index contributed by atoms with van der Waals surface area (Å²) < 4.78 is 56.3. The van der Waals surface area contributed by atoms with E-state index in [1.165, 1.54) is 0 Å². The number of amides is 1. The van der Waals surface area contributed by atoms with Gasteiger partial charge < -0.3 is 10.1 Å². The van der Waals surface area contributed by atoms with Crippen LogP contribution in [0.3, 0.4) is 0 Å². The van der Waals surface area contributed by atoms with Gasteiger partial charge in [-0.2, -0.15) is 13.2 Å². The highest BCUT2D eigenvalue weighted by Crippen LogP contribution is 2.37. The van der Waals surface area contributed by atoms with Crippen LogP contribution < -0.4 is 5.32 Å². The number of methoxy groups -OCH3 is 1. The summed E-state index contributed by atoms with van der Waals surface area (Å²) in [6.07, 6.45) is -5.01. The fourth-order valence-electron chi connectivity index (χ4n) is 2.52. The van der Waals surface area contributed by atoms with Gasteiger partial charge in [-0.25, -0.2) is 4.39 Å². The molecule has 2 atom stereocenters. The van der Waals surface area contributed by atoms with Crippen molar-refractivity contribution in [2.45, 2.75) is 18.5 Å². The van der Waals surface area contributed by atoms with Crippen molar-refractivity contribution in [1.82, 2.24) is 5.32 Å². The molecule has 1 aliphatic rings. The van der Waals surface area contributed by atoms with E-state index in [2.05, 4.69) is 10.1 Å². The van der Waals surface area contributed by atoms with Gasteiger partial charge >= 0.3 is 12.1 Å². The normalized spacial score (nSPS) is 22.1. The molecule has 0 bridgehead atoms. The molecule has 1 heterocycles. The van der Waals surface area contributed by atoms with Crippen molar-refractivity contribution in [3.05, 3.63) is 35.1 Å². The van der Waals surface area contributed by atoms with E-state index in [0.29, 0.717) is 12.1 Å². The van der Waals surface area contributed by atoms with Gasteiger partial charge in [0.25, 0.3) is 0 Å². The summed E-state index contributed by atoms with van der Waals surface area (Å²) in [5.41, 5.74) is -1.33. The fraction of sp³-hybridized carbons (Fsp3) is 0.429. The van der Waals surface area contributed by atoms with Crippen LogP contribution in [0.5, 0.6) is 0 Å². The zero-order chi connectivity index (χ0) is 16.5. The van der Waals surface area contributed by atoms with Gasteiger partial charge in [0.1, 0.15) is 5.82 Å². The van der Waals surface area contributed by atoms with E-state index in [4.69, 9.17) is 0 Å². The number of ether oxygens (including phenoxy) is 1. The van der Waals surface area contributed by atoms with Crippen molar-refractivity contribution in [2.24, 2.45) is 5.92 Å². The molecule has 1 saturated heterocycles. The molecule has 1 aliphatic heterocycles. The highest BCUT2D eigenvalue weighted by molar-refractivity contribution is 5.83. The lowest BCUT2D eigenvalue weighted by Crippen LogP contribution is -2.43. The molecule has 1 fully saturated rings. The predicted molar refractivity (Wildman–Crippen MR) is 67.3 cm³/mol. The van der Waals surface area contributed by atoms with Crippen LogP contribution in [0.1, 0.15) is 23.5 Å². The number of alkyl halides is 3. The van der Waals surface area contributed by atoms with Gasteiger partial charge in [-0.3, -0.25) is 9.59 Å². The van der Waals surface area contributed by atoms with Crippen molar-refractivity contribution in [2.75, 3.05) is 13.7 Å². The van der Waals surface area contributed by atoms with E-state index >= 15 is 0 Å². The Morgan fingerprint density at radius 3 is 2.64 bits per heavy atom. The van der Waals surface area contributed by atoms with Crippen molar-refractivity contribution in [3.63, 3.8) is 0 Å². The monoisotopic (exact) mass is 319 g/mol. The van der Waals surface area contributed by atoms with E-state index < -0.39 is 35.4 Å². The molecular weight excluding hydrogens is 306 g/mol. The molecule has 0 spiro atoms. The van der Waals surface area contributed by atoms with E-state index in [1.54, 1.807) is 0 Å². The van der Waals surface area contributed by atoms with Crippen LogP contribution in [0, 0.1) is 11.7 Å². The van der Waals surface area contributed by atoms with Gasteiger partial charge in [-0.1, -0.05) is 6.07 Å². The summed E-state index contributed by atoms with van der Waals surface area (Å²) in [6.45, 7) is -0.0328. The van der Waals surface area contributed by atoms with Gasteiger partial charge in [0.2, 0.25) is 5.91 Å². The average Bonchev–Trinajstić information content (AvgIpc) is 2.45. The number of piperidine rings is 1. The third-order valence-electron chi connectivity index (χ3n) is 3.64. The topological polar surface area (TPSA) is 55.4 Å². The third kappa shape index (κ3) is 3.20. The minimum absolute atomic E-state index is 0.0328. The number of benzene rings is 1. The number of halogens is 4. The number of rotatable bonds is 2. The summed E-state index contributed by atoms with van der Waals surface area (Å²) in [5.74, 6) is -4.02. The smallest absolute Gasteiger partial charge is 0.419 e. The number of carbonyl (C=O) groups is 2. The van der Waals surface area contributed by atoms with E-state index in [-0.39, 0.29) is 24.4 Å². The molecular formula is C14H13F4NO3. The molecule has 120 valence electrons. The molecule has 0 radical (unpaired) electrons. The number of carbonyl (C=O) groups excluding carboxylic acids is 2. The quantitative estimate of drug-likeness (QED) is 0.672. The highest BCUT2D eigenvalue weighted by atomic mass is 19.4. The Balaban J connectivity index is 2.43. The fourth-order valence-corrected chi connectivity index (χ4v) is 2.52. The molecule has 0 unspecified atom stereocenters. The lowest BCUT2D eigenvalue weighted by atomic mass is 9.80. The maximum absolute atomic E-state index is 13.3. The Morgan fingerprint density at radius 2 is 2.05 bits per heavy atom. The van der Waals surface area contributed by atoms with Crippen molar-refractivity contribution in [3.8, 4) is 0 Å². The van der Waals surface area contributed by atoms with Crippen LogP contribution in [0.2, 0.25) is 0 Å². The van der Waals surface area contributed by atoms with Crippen LogP contribution in [-0.2, 0) is 20.5 Å². The highest BCUT2D eigenvalue weighted by Gasteiger charge is 2.39. The molecule has 1 aromatic carbocycles. The minimum Gasteiger partial charge on any atom is -0.469 e. The summed E-state index contributed by atoms with van der Waals surface area (Å²) in [6, 6.07) is 2.50. The van der Waals surface area contributed by atoms with Gasteiger partial charge in [0.15, 0.2) is 0 Å². The summed E-state index contributed by atoms with van der Waals surface area (Å²) in [7, 11) is 1.15. The second-order valence-corrected chi connectivity index (χ2v) is 4.98. The molecule has 1 aromatic rings. The molecule has 0 aliphatic carbocycles. The van der Waals surface area contributed by atoms with Gasteiger partial charge in [0, 0.05) is 18.9 Å².